The van der Waals surface area contributed by atoms with Gasteiger partial charge < -0.3 is 14.2 Å². The van der Waals surface area contributed by atoms with Crippen LogP contribution in [0.5, 0.6) is 11.5 Å². The molecule has 2 aromatic rings. The van der Waals surface area contributed by atoms with Crippen LogP contribution in [0.1, 0.15) is 16.9 Å². The van der Waals surface area contributed by atoms with Crippen molar-refractivity contribution in [2.75, 3.05) is 20.3 Å². The van der Waals surface area contributed by atoms with Crippen molar-refractivity contribution in [1.82, 2.24) is 4.98 Å². The second kappa shape index (κ2) is 7.89. The molecule has 5 heteroatoms. The van der Waals surface area contributed by atoms with Gasteiger partial charge in [0.25, 0.3) is 0 Å². The van der Waals surface area contributed by atoms with Crippen LogP contribution in [0.25, 0.3) is 0 Å². The minimum Gasteiger partial charge on any atom is -0.493 e. The maximum Gasteiger partial charge on any atom is 0.360 e. The van der Waals surface area contributed by atoms with E-state index in [9.17, 15) is 4.79 Å². The zero-order valence-corrected chi connectivity index (χ0v) is 11.8. The van der Waals surface area contributed by atoms with Crippen molar-refractivity contribution >= 4 is 5.97 Å². The number of esters is 1. The quantitative estimate of drug-likeness (QED) is 0.579. The summed E-state index contributed by atoms with van der Waals surface area (Å²) in [6.07, 6.45) is 2.22. The van der Waals surface area contributed by atoms with Gasteiger partial charge in [0.05, 0.1) is 20.3 Å². The number of carbonyl (C=O) groups is 1. The van der Waals surface area contributed by atoms with Crippen molar-refractivity contribution in [1.29, 1.82) is 0 Å². The second-order valence-electron chi connectivity index (χ2n) is 4.21. The van der Waals surface area contributed by atoms with E-state index in [4.69, 9.17) is 9.47 Å². The summed E-state index contributed by atoms with van der Waals surface area (Å²) < 4.78 is 15.8. The Morgan fingerprint density at radius 3 is 2.57 bits per heavy atom. The largest absolute Gasteiger partial charge is 0.493 e. The maximum absolute atomic E-state index is 11.5. The van der Waals surface area contributed by atoms with Gasteiger partial charge in [0, 0.05) is 12.6 Å². The number of carbonyl (C=O) groups excluding carboxylic acids is 1. The van der Waals surface area contributed by atoms with Crippen molar-refractivity contribution in [2.45, 2.75) is 6.42 Å². The number of ether oxygens (including phenoxy) is 3. The van der Waals surface area contributed by atoms with Crippen LogP contribution < -0.4 is 9.47 Å². The van der Waals surface area contributed by atoms with Gasteiger partial charge in [-0.15, -0.1) is 0 Å². The Bertz CT molecular complexity index is 571. The first-order valence-electron chi connectivity index (χ1n) is 6.65. The summed E-state index contributed by atoms with van der Waals surface area (Å²) in [5.41, 5.74) is 0.184. The van der Waals surface area contributed by atoms with Crippen LogP contribution >= 0.6 is 0 Å². The molecule has 0 aliphatic rings. The lowest BCUT2D eigenvalue weighted by Crippen LogP contribution is -2.10. The van der Waals surface area contributed by atoms with Crippen molar-refractivity contribution in [3.8, 4) is 11.5 Å². The Kier molecular flexibility index (Phi) is 5.58. The zero-order chi connectivity index (χ0) is 14.9. The van der Waals surface area contributed by atoms with Gasteiger partial charge in [0.2, 0.25) is 0 Å². The van der Waals surface area contributed by atoms with Gasteiger partial charge in [-0.3, -0.25) is 0 Å². The zero-order valence-electron chi connectivity index (χ0n) is 11.8. The molecule has 0 fully saturated rings. The second-order valence-corrected chi connectivity index (χ2v) is 4.21. The van der Waals surface area contributed by atoms with Crippen LogP contribution in [0.2, 0.25) is 0 Å². The fraction of sp³-hybridized carbons (Fsp3) is 0.250. The Morgan fingerprint density at radius 1 is 1.05 bits per heavy atom. The van der Waals surface area contributed by atoms with Crippen LogP contribution in [0.4, 0.5) is 0 Å². The molecule has 0 aliphatic carbocycles. The van der Waals surface area contributed by atoms with Crippen LogP contribution in [0.3, 0.4) is 0 Å². The molecule has 0 spiro atoms. The summed E-state index contributed by atoms with van der Waals surface area (Å²) in [4.78, 5) is 15.5. The molecule has 0 unspecified atom stereocenters. The highest BCUT2D eigenvalue weighted by Crippen LogP contribution is 2.16. The number of rotatable bonds is 7. The molecule has 0 atom stereocenters. The minimum atomic E-state index is -0.508. The summed E-state index contributed by atoms with van der Waals surface area (Å²) in [5.74, 6) is 0.740. The fourth-order valence-corrected chi connectivity index (χ4v) is 1.70. The standard InChI is InChI=1S/C16H17NO4/c1-19-16(18)15-14(9-5-10-17-15)21-12-6-11-20-13-7-3-2-4-8-13/h2-5,7-10H,6,11-12H2,1H3. The molecule has 0 radical (unpaired) electrons. The average molecular weight is 287 g/mol. The monoisotopic (exact) mass is 287 g/mol. The van der Waals surface area contributed by atoms with E-state index in [2.05, 4.69) is 9.72 Å². The van der Waals surface area contributed by atoms with Crippen molar-refractivity contribution in [3.05, 3.63) is 54.4 Å². The highest BCUT2D eigenvalue weighted by atomic mass is 16.5. The number of hydrogen-bond donors (Lipinski definition) is 0. The van der Waals surface area contributed by atoms with E-state index in [1.54, 1.807) is 12.1 Å². The highest BCUT2D eigenvalue weighted by Gasteiger charge is 2.13. The van der Waals surface area contributed by atoms with Crippen molar-refractivity contribution < 1.29 is 19.0 Å². The molecule has 1 aromatic heterocycles. The van der Waals surface area contributed by atoms with Crippen LogP contribution in [-0.2, 0) is 4.74 Å². The summed E-state index contributed by atoms with van der Waals surface area (Å²) in [5, 5.41) is 0. The first-order valence-corrected chi connectivity index (χ1v) is 6.65. The topological polar surface area (TPSA) is 57.7 Å². The summed E-state index contributed by atoms with van der Waals surface area (Å²) >= 11 is 0. The smallest absolute Gasteiger partial charge is 0.360 e. The predicted octanol–water partition coefficient (Wildman–Crippen LogP) is 2.72. The Hall–Kier alpha value is -2.56. The van der Waals surface area contributed by atoms with Gasteiger partial charge in [-0.2, -0.15) is 0 Å². The lowest BCUT2D eigenvalue weighted by molar-refractivity contribution is 0.0588. The molecule has 0 N–H and O–H groups in total. The SMILES string of the molecule is COC(=O)c1ncccc1OCCCOc1ccccc1. The maximum atomic E-state index is 11.5. The van der Waals surface area contributed by atoms with E-state index in [0.717, 1.165) is 5.75 Å². The van der Waals surface area contributed by atoms with Gasteiger partial charge in [-0.1, -0.05) is 18.2 Å². The molecule has 0 bridgehead atoms. The lowest BCUT2D eigenvalue weighted by atomic mass is 10.3. The highest BCUT2D eigenvalue weighted by molar-refractivity contribution is 5.90. The van der Waals surface area contributed by atoms with Gasteiger partial charge in [-0.25, -0.2) is 9.78 Å². The van der Waals surface area contributed by atoms with Crippen molar-refractivity contribution in [3.63, 3.8) is 0 Å². The molecule has 0 amide bonds. The van der Waals surface area contributed by atoms with Gasteiger partial charge in [-0.05, 0) is 24.3 Å². The minimum absolute atomic E-state index is 0.184. The molecular formula is C16H17NO4. The van der Waals surface area contributed by atoms with Gasteiger partial charge >= 0.3 is 5.97 Å². The molecule has 0 saturated heterocycles. The Balaban J connectivity index is 1.77. The third kappa shape index (κ3) is 4.49. The Labute approximate surface area is 123 Å². The van der Waals surface area contributed by atoms with E-state index in [1.807, 2.05) is 30.3 Å². The molecule has 1 aromatic carbocycles. The number of hydrogen-bond acceptors (Lipinski definition) is 5. The van der Waals surface area contributed by atoms with Crippen LogP contribution in [0, 0.1) is 0 Å². The van der Waals surface area contributed by atoms with Gasteiger partial charge in [0.1, 0.15) is 5.75 Å². The lowest BCUT2D eigenvalue weighted by Gasteiger charge is -2.10. The third-order valence-corrected chi connectivity index (χ3v) is 2.71. The fourth-order valence-electron chi connectivity index (χ4n) is 1.70. The number of methoxy groups -OCH3 is 1. The number of para-hydroxylation sites is 1. The summed E-state index contributed by atoms with van der Waals surface area (Å²) in [6, 6.07) is 13.0. The van der Waals surface area contributed by atoms with Crippen LogP contribution in [-0.4, -0.2) is 31.3 Å². The van der Waals surface area contributed by atoms with E-state index >= 15 is 0 Å². The van der Waals surface area contributed by atoms with E-state index in [0.29, 0.717) is 25.4 Å². The molecule has 1 heterocycles. The average Bonchev–Trinajstić information content (AvgIpc) is 2.55. The number of benzene rings is 1. The van der Waals surface area contributed by atoms with Crippen molar-refractivity contribution in [2.24, 2.45) is 0 Å². The predicted molar refractivity (Wildman–Crippen MR) is 77.6 cm³/mol. The normalized spacial score (nSPS) is 9.95. The van der Waals surface area contributed by atoms with E-state index < -0.39 is 5.97 Å². The molecule has 110 valence electrons. The number of aromatic nitrogens is 1. The molecule has 2 rings (SSSR count). The summed E-state index contributed by atoms with van der Waals surface area (Å²) in [7, 11) is 1.31. The third-order valence-electron chi connectivity index (χ3n) is 2.71. The van der Waals surface area contributed by atoms with Crippen LogP contribution in [0.15, 0.2) is 48.7 Å². The first kappa shape index (κ1) is 14.8. The first-order chi connectivity index (χ1) is 10.3. The molecule has 0 saturated carbocycles. The Morgan fingerprint density at radius 2 is 1.81 bits per heavy atom. The summed E-state index contributed by atoms with van der Waals surface area (Å²) in [6.45, 7) is 0.973. The van der Waals surface area contributed by atoms with E-state index in [1.165, 1.54) is 13.3 Å². The molecule has 0 aliphatic heterocycles. The molecular weight excluding hydrogens is 270 g/mol. The molecule has 21 heavy (non-hydrogen) atoms. The van der Waals surface area contributed by atoms with E-state index in [-0.39, 0.29) is 5.69 Å². The van der Waals surface area contributed by atoms with Gasteiger partial charge in [0.15, 0.2) is 11.4 Å². The molecule has 5 nitrogen and oxygen atoms in total. The number of pyridine rings is 1. The number of nitrogens with zero attached hydrogens (tertiary/aromatic N) is 1.